The predicted octanol–water partition coefficient (Wildman–Crippen LogP) is 4.14. The molecule has 0 radical (unpaired) electrons. The van der Waals surface area contributed by atoms with Crippen molar-refractivity contribution in [2.75, 3.05) is 0 Å². The van der Waals surface area contributed by atoms with Crippen LogP contribution in [0.25, 0.3) is 6.08 Å². The molecule has 0 bridgehead atoms. The lowest BCUT2D eigenvalue weighted by Gasteiger charge is -2.02. The van der Waals surface area contributed by atoms with Crippen LogP contribution in [0.15, 0.2) is 37.4 Å². The van der Waals surface area contributed by atoms with E-state index in [-0.39, 0.29) is 0 Å². The summed E-state index contributed by atoms with van der Waals surface area (Å²) in [5.41, 5.74) is 3.87. The van der Waals surface area contributed by atoms with E-state index in [4.69, 9.17) is 0 Å². The van der Waals surface area contributed by atoms with Gasteiger partial charge in [-0.1, -0.05) is 36.9 Å². The summed E-state index contributed by atoms with van der Waals surface area (Å²) in [6.07, 6.45) is 3.66. The Balaban J connectivity index is 0.000000424. The van der Waals surface area contributed by atoms with Crippen molar-refractivity contribution in [1.29, 1.82) is 0 Å². The first kappa shape index (κ1) is 11.7. The second-order valence-electron chi connectivity index (χ2n) is 2.92. The molecule has 0 aliphatic rings. The summed E-state index contributed by atoms with van der Waals surface area (Å²) in [6, 6.07) is 6.27. The molecule has 1 aromatic rings. The first-order valence-electron chi connectivity index (χ1n) is 4.43. The minimum Gasteiger partial charge on any atom is -0.103 e. The van der Waals surface area contributed by atoms with Gasteiger partial charge in [-0.15, -0.1) is 6.58 Å². The van der Waals surface area contributed by atoms with E-state index in [0.29, 0.717) is 0 Å². The molecule has 0 heteroatoms. The lowest BCUT2D eigenvalue weighted by molar-refractivity contribution is 1.36. The van der Waals surface area contributed by atoms with Crippen LogP contribution in [-0.2, 0) is 0 Å². The molecule has 0 spiro atoms. The molecule has 70 valence electrons. The number of allylic oxidation sites excluding steroid dienone is 1. The van der Waals surface area contributed by atoms with Gasteiger partial charge in [0.25, 0.3) is 0 Å². The summed E-state index contributed by atoms with van der Waals surface area (Å²) in [7, 11) is 0. The van der Waals surface area contributed by atoms with Crippen molar-refractivity contribution in [2.45, 2.75) is 20.8 Å². The number of aryl methyl sites for hydroxylation is 2. The van der Waals surface area contributed by atoms with Crippen LogP contribution in [0.4, 0.5) is 0 Å². The van der Waals surface area contributed by atoms with Crippen molar-refractivity contribution in [1.82, 2.24) is 0 Å². The maximum atomic E-state index is 3.75. The van der Waals surface area contributed by atoms with Gasteiger partial charge >= 0.3 is 0 Å². The number of rotatable bonds is 1. The van der Waals surface area contributed by atoms with Gasteiger partial charge in [-0.3, -0.25) is 0 Å². The molecule has 1 aromatic carbocycles. The Morgan fingerprint density at radius 1 is 1.08 bits per heavy atom. The first-order valence-corrected chi connectivity index (χ1v) is 4.43. The van der Waals surface area contributed by atoms with Crippen LogP contribution in [0.3, 0.4) is 0 Å². The van der Waals surface area contributed by atoms with Gasteiger partial charge in [0.15, 0.2) is 0 Å². The number of hydrogen-bond acceptors (Lipinski definition) is 0. The van der Waals surface area contributed by atoms with E-state index < -0.39 is 0 Å². The van der Waals surface area contributed by atoms with Gasteiger partial charge in [0.1, 0.15) is 0 Å². The average molecular weight is 174 g/mol. The third-order valence-corrected chi connectivity index (χ3v) is 1.75. The van der Waals surface area contributed by atoms with Crippen LogP contribution >= 0.6 is 0 Å². The molecule has 13 heavy (non-hydrogen) atoms. The Morgan fingerprint density at radius 3 is 1.69 bits per heavy atom. The van der Waals surface area contributed by atoms with Crippen molar-refractivity contribution in [2.24, 2.45) is 0 Å². The number of benzene rings is 1. The van der Waals surface area contributed by atoms with E-state index in [1.54, 1.807) is 6.08 Å². The van der Waals surface area contributed by atoms with Gasteiger partial charge < -0.3 is 0 Å². The monoisotopic (exact) mass is 174 g/mol. The molecule has 0 nitrogen and oxygen atoms in total. The summed E-state index contributed by atoms with van der Waals surface area (Å²) in [6.45, 7) is 13.2. The molecular formula is C13H18. The van der Waals surface area contributed by atoms with E-state index in [2.05, 4.69) is 45.2 Å². The standard InChI is InChI=1S/C10H12.C3H6/c1-4-10-8(2)6-5-7-9(10)3;1-3-2/h4-7H,1H2,2-3H3;3H,1H2,2H3. The highest BCUT2D eigenvalue weighted by molar-refractivity contribution is 5.55. The van der Waals surface area contributed by atoms with Crippen LogP contribution in [0.1, 0.15) is 23.6 Å². The molecule has 0 aromatic heterocycles. The van der Waals surface area contributed by atoms with E-state index in [0.717, 1.165) is 0 Å². The van der Waals surface area contributed by atoms with Gasteiger partial charge in [-0.05, 0) is 37.5 Å². The summed E-state index contributed by atoms with van der Waals surface area (Å²) >= 11 is 0. The van der Waals surface area contributed by atoms with E-state index in [9.17, 15) is 0 Å². The molecule has 0 atom stereocenters. The molecule has 0 heterocycles. The second-order valence-corrected chi connectivity index (χ2v) is 2.92. The molecule has 0 unspecified atom stereocenters. The molecule has 0 aliphatic heterocycles. The van der Waals surface area contributed by atoms with Crippen LogP contribution in [0, 0.1) is 13.8 Å². The Hall–Kier alpha value is -1.30. The van der Waals surface area contributed by atoms with Gasteiger partial charge in [0.2, 0.25) is 0 Å². The molecule has 0 saturated carbocycles. The number of hydrogen-bond donors (Lipinski definition) is 0. The van der Waals surface area contributed by atoms with Gasteiger partial charge in [0, 0.05) is 0 Å². The van der Waals surface area contributed by atoms with E-state index >= 15 is 0 Å². The molecule has 0 amide bonds. The van der Waals surface area contributed by atoms with Crippen LogP contribution in [-0.4, -0.2) is 0 Å². The quantitative estimate of drug-likeness (QED) is 0.561. The Kier molecular flexibility index (Phi) is 5.62. The van der Waals surface area contributed by atoms with Crippen molar-refractivity contribution < 1.29 is 0 Å². The fraction of sp³-hybridized carbons (Fsp3) is 0.231. The molecule has 0 N–H and O–H groups in total. The third-order valence-electron chi connectivity index (χ3n) is 1.75. The Labute approximate surface area is 81.6 Å². The maximum Gasteiger partial charge on any atom is -0.0204 e. The normalized spacial score (nSPS) is 8.23. The topological polar surface area (TPSA) is 0 Å². The fourth-order valence-electron chi connectivity index (χ4n) is 1.15. The zero-order valence-electron chi connectivity index (χ0n) is 8.80. The highest BCUT2D eigenvalue weighted by Gasteiger charge is 1.94. The summed E-state index contributed by atoms with van der Waals surface area (Å²) < 4.78 is 0. The zero-order chi connectivity index (χ0) is 10.3. The third kappa shape index (κ3) is 3.75. The largest absolute Gasteiger partial charge is 0.103 e. The second kappa shape index (κ2) is 6.24. The maximum absolute atomic E-state index is 3.75. The molecule has 0 fully saturated rings. The highest BCUT2D eigenvalue weighted by atomic mass is 14.0. The SMILES string of the molecule is C=CC.C=Cc1c(C)cccc1C. The van der Waals surface area contributed by atoms with Crippen molar-refractivity contribution >= 4 is 6.08 Å². The van der Waals surface area contributed by atoms with E-state index in [1.807, 2.05) is 13.0 Å². The molecule has 0 saturated heterocycles. The fourth-order valence-corrected chi connectivity index (χ4v) is 1.15. The summed E-state index contributed by atoms with van der Waals surface area (Å²) in [4.78, 5) is 0. The predicted molar refractivity (Wildman–Crippen MR) is 61.9 cm³/mol. The van der Waals surface area contributed by atoms with Gasteiger partial charge in [-0.2, -0.15) is 0 Å². The van der Waals surface area contributed by atoms with E-state index in [1.165, 1.54) is 16.7 Å². The van der Waals surface area contributed by atoms with Crippen LogP contribution < -0.4 is 0 Å². The zero-order valence-corrected chi connectivity index (χ0v) is 8.80. The van der Waals surface area contributed by atoms with Gasteiger partial charge in [0.05, 0.1) is 0 Å². The van der Waals surface area contributed by atoms with Crippen LogP contribution in [0.5, 0.6) is 0 Å². The highest BCUT2D eigenvalue weighted by Crippen LogP contribution is 2.13. The van der Waals surface area contributed by atoms with Gasteiger partial charge in [-0.25, -0.2) is 0 Å². The molecule has 1 rings (SSSR count). The summed E-state index contributed by atoms with van der Waals surface area (Å²) in [5, 5.41) is 0. The Bertz CT molecular complexity index is 262. The smallest absolute Gasteiger partial charge is 0.0204 e. The lowest BCUT2D eigenvalue weighted by atomic mass is 10.0. The van der Waals surface area contributed by atoms with Crippen molar-refractivity contribution in [3.05, 3.63) is 54.1 Å². The summed E-state index contributed by atoms with van der Waals surface area (Å²) in [5.74, 6) is 0. The molecule has 0 aliphatic carbocycles. The Morgan fingerprint density at radius 2 is 1.46 bits per heavy atom. The first-order chi connectivity index (χ1) is 6.17. The van der Waals surface area contributed by atoms with Crippen molar-refractivity contribution in [3.8, 4) is 0 Å². The van der Waals surface area contributed by atoms with Crippen molar-refractivity contribution in [3.63, 3.8) is 0 Å². The minimum absolute atomic E-state index is 1.27. The minimum atomic E-state index is 1.27. The average Bonchev–Trinajstić information content (AvgIpc) is 2.06. The van der Waals surface area contributed by atoms with Crippen LogP contribution in [0.2, 0.25) is 0 Å². The molecular weight excluding hydrogens is 156 g/mol. The lowest BCUT2D eigenvalue weighted by Crippen LogP contribution is -1.83.